The molecule has 142 valence electrons. The van der Waals surface area contributed by atoms with Crippen LogP contribution in [0.1, 0.15) is 51.5 Å². The average molecular weight is 369 g/mol. The number of nitrogens with one attached hydrogen (secondary N) is 1. The van der Waals surface area contributed by atoms with Crippen LogP contribution >= 0.6 is 0 Å². The lowest BCUT2D eigenvalue weighted by Gasteiger charge is -2.24. The zero-order valence-corrected chi connectivity index (χ0v) is 15.7. The molecule has 0 spiro atoms. The van der Waals surface area contributed by atoms with Gasteiger partial charge in [-0.25, -0.2) is 14.4 Å². The molecular weight excluding hydrogens is 345 g/mol. The number of hydrogen-bond acceptors (Lipinski definition) is 4. The van der Waals surface area contributed by atoms with Crippen LogP contribution in [0.4, 0.5) is 4.39 Å². The molecule has 0 atom stereocenters. The van der Waals surface area contributed by atoms with Crippen LogP contribution in [0.25, 0.3) is 0 Å². The maximum atomic E-state index is 13.3. The van der Waals surface area contributed by atoms with Crippen molar-refractivity contribution in [1.82, 2.24) is 15.3 Å². The molecule has 2 heterocycles. The van der Waals surface area contributed by atoms with E-state index < -0.39 is 5.82 Å². The van der Waals surface area contributed by atoms with Crippen LogP contribution in [0.15, 0.2) is 40.3 Å². The number of aliphatic imine (C=N–C) groups is 1. The third-order valence-corrected chi connectivity index (χ3v) is 5.48. The van der Waals surface area contributed by atoms with Crippen molar-refractivity contribution >= 4 is 17.5 Å². The number of nitrogens with zero attached hydrogens (tertiary/aromatic N) is 4. The summed E-state index contributed by atoms with van der Waals surface area (Å²) in [6, 6.07) is 1.38. The normalized spacial score (nSPS) is 27.2. The van der Waals surface area contributed by atoms with Gasteiger partial charge >= 0.3 is 0 Å². The van der Waals surface area contributed by atoms with Crippen LogP contribution in [-0.4, -0.2) is 33.0 Å². The Balaban J connectivity index is 1.48. The van der Waals surface area contributed by atoms with E-state index in [0.29, 0.717) is 23.9 Å². The van der Waals surface area contributed by atoms with Gasteiger partial charge in [0.25, 0.3) is 0 Å². The fraction of sp³-hybridized carbons (Fsp3) is 0.500. The van der Waals surface area contributed by atoms with E-state index in [0.717, 1.165) is 35.7 Å². The Morgan fingerprint density at radius 2 is 2.22 bits per heavy atom. The molecule has 0 bridgehead atoms. The minimum atomic E-state index is -0.416. The van der Waals surface area contributed by atoms with E-state index in [1.807, 2.05) is 13.1 Å². The van der Waals surface area contributed by atoms with Crippen LogP contribution in [0.5, 0.6) is 0 Å². The minimum Gasteiger partial charge on any atom is -0.368 e. The molecule has 1 amide bonds. The van der Waals surface area contributed by atoms with E-state index in [-0.39, 0.29) is 12.5 Å². The summed E-state index contributed by atoms with van der Waals surface area (Å²) in [4.78, 5) is 20.6. The van der Waals surface area contributed by atoms with Crippen molar-refractivity contribution in [2.75, 3.05) is 0 Å². The van der Waals surface area contributed by atoms with Crippen molar-refractivity contribution in [2.45, 2.75) is 58.0 Å². The first-order valence-corrected chi connectivity index (χ1v) is 9.48. The van der Waals surface area contributed by atoms with Gasteiger partial charge in [0.15, 0.2) is 0 Å². The van der Waals surface area contributed by atoms with Crippen molar-refractivity contribution in [3.63, 3.8) is 0 Å². The number of hydrogen-bond donors (Lipinski definition) is 1. The summed E-state index contributed by atoms with van der Waals surface area (Å²) in [6.07, 6.45) is 8.87. The number of fused-ring (bicyclic) bond motifs is 1. The summed E-state index contributed by atoms with van der Waals surface area (Å²) in [6.45, 7) is 4.26. The third-order valence-electron chi connectivity index (χ3n) is 5.48. The summed E-state index contributed by atoms with van der Waals surface area (Å²) in [7, 11) is 0. The first-order chi connectivity index (χ1) is 13.0. The number of rotatable bonds is 6. The Kier molecular flexibility index (Phi) is 4.53. The number of carbonyl (C=O) groups is 1. The van der Waals surface area contributed by atoms with E-state index >= 15 is 0 Å². The summed E-state index contributed by atoms with van der Waals surface area (Å²) in [5.41, 5.74) is 2.87. The van der Waals surface area contributed by atoms with E-state index in [1.165, 1.54) is 23.9 Å². The molecule has 1 aromatic heterocycles. The maximum absolute atomic E-state index is 13.3. The van der Waals surface area contributed by atoms with Gasteiger partial charge in [0, 0.05) is 30.8 Å². The topological polar surface area (TPSA) is 70.0 Å². The van der Waals surface area contributed by atoms with Crippen LogP contribution < -0.4 is 5.32 Å². The summed E-state index contributed by atoms with van der Waals surface area (Å²) < 4.78 is 13.3. The van der Waals surface area contributed by atoms with Crippen molar-refractivity contribution in [3.05, 3.63) is 41.6 Å². The largest absolute Gasteiger partial charge is 0.368 e. The highest BCUT2D eigenvalue weighted by molar-refractivity contribution is 6.03. The number of carbonyl (C=O) groups excluding carboxylic acids is 1. The van der Waals surface area contributed by atoms with E-state index in [4.69, 9.17) is 0 Å². The smallest absolute Gasteiger partial charge is 0.243 e. The van der Waals surface area contributed by atoms with Gasteiger partial charge in [0.1, 0.15) is 5.82 Å². The average Bonchev–Trinajstić information content (AvgIpc) is 3.48. The molecule has 1 N–H and O–H groups in total. The fourth-order valence-electron chi connectivity index (χ4n) is 3.51. The molecule has 7 heteroatoms. The number of halogens is 1. The van der Waals surface area contributed by atoms with Gasteiger partial charge in [-0.1, -0.05) is 6.92 Å². The molecule has 0 unspecified atom stereocenters. The van der Waals surface area contributed by atoms with Gasteiger partial charge in [-0.3, -0.25) is 9.78 Å². The van der Waals surface area contributed by atoms with Crippen LogP contribution in [0.3, 0.4) is 0 Å². The lowest BCUT2D eigenvalue weighted by molar-refractivity contribution is -0.132. The second-order valence-corrected chi connectivity index (χ2v) is 7.62. The SMILES string of the molecule is CC/C(=C\N=C(/C)NC12CC1C2)C1=NN(Cc2cncc(F)c2)C(=O)CC1. The monoisotopic (exact) mass is 369 g/mol. The van der Waals surface area contributed by atoms with Gasteiger partial charge in [0.2, 0.25) is 5.91 Å². The molecule has 4 rings (SSSR count). The van der Waals surface area contributed by atoms with Gasteiger partial charge in [-0.2, -0.15) is 5.10 Å². The molecule has 6 nitrogen and oxygen atoms in total. The second-order valence-electron chi connectivity index (χ2n) is 7.62. The quantitative estimate of drug-likeness (QED) is 0.618. The molecule has 0 saturated heterocycles. The Morgan fingerprint density at radius 1 is 1.44 bits per heavy atom. The van der Waals surface area contributed by atoms with E-state index in [9.17, 15) is 9.18 Å². The molecule has 27 heavy (non-hydrogen) atoms. The first-order valence-electron chi connectivity index (χ1n) is 9.48. The van der Waals surface area contributed by atoms with Crippen LogP contribution in [0, 0.1) is 11.7 Å². The molecule has 2 saturated carbocycles. The number of amidine groups is 1. The number of pyridine rings is 1. The predicted octanol–water partition coefficient (Wildman–Crippen LogP) is 3.16. The van der Waals surface area contributed by atoms with Crippen LogP contribution in [0.2, 0.25) is 0 Å². The molecule has 0 aromatic carbocycles. The van der Waals surface area contributed by atoms with Gasteiger partial charge in [-0.15, -0.1) is 0 Å². The second kappa shape index (κ2) is 6.87. The van der Waals surface area contributed by atoms with Gasteiger partial charge < -0.3 is 5.32 Å². The van der Waals surface area contributed by atoms with Crippen molar-refractivity contribution in [3.8, 4) is 0 Å². The Bertz CT molecular complexity index is 854. The summed E-state index contributed by atoms with van der Waals surface area (Å²) in [5.74, 6) is 1.31. The van der Waals surface area contributed by atoms with Crippen molar-refractivity contribution in [2.24, 2.45) is 16.0 Å². The number of hydrazone groups is 1. The lowest BCUT2D eigenvalue weighted by atomic mass is 10.0. The molecule has 2 fully saturated rings. The van der Waals surface area contributed by atoms with Gasteiger partial charge in [0.05, 0.1) is 24.3 Å². The molecule has 3 aliphatic rings. The number of aromatic nitrogens is 1. The standard InChI is InChI=1S/C20H24FN5O/c1-3-15(10-23-13(2)24-20-7-16(20)8-20)18-4-5-19(27)26(25-18)12-14-6-17(21)11-22-9-14/h6,9-11,16H,3-5,7-8,12H2,1-2H3,(H,23,24)/b15-10+. The predicted molar refractivity (Wildman–Crippen MR) is 101 cm³/mol. The van der Waals surface area contributed by atoms with E-state index in [1.54, 1.807) is 6.20 Å². The number of amides is 1. The van der Waals surface area contributed by atoms with Crippen molar-refractivity contribution in [1.29, 1.82) is 0 Å². The molecule has 0 radical (unpaired) electrons. The maximum Gasteiger partial charge on any atom is 0.243 e. The molecule has 1 aromatic rings. The Hall–Kier alpha value is -2.57. The van der Waals surface area contributed by atoms with Crippen molar-refractivity contribution < 1.29 is 9.18 Å². The zero-order valence-electron chi connectivity index (χ0n) is 15.7. The highest BCUT2D eigenvalue weighted by Gasteiger charge is 2.70. The van der Waals surface area contributed by atoms with E-state index in [2.05, 4.69) is 27.3 Å². The first kappa shape index (κ1) is 17.8. The number of allylic oxidation sites excluding steroid dienone is 1. The molecular formula is C20H24FN5O. The third kappa shape index (κ3) is 3.91. The zero-order chi connectivity index (χ0) is 19.0. The Morgan fingerprint density at radius 3 is 2.89 bits per heavy atom. The van der Waals surface area contributed by atoms with Crippen LogP contribution in [-0.2, 0) is 11.3 Å². The Labute approximate surface area is 158 Å². The molecule has 1 aliphatic heterocycles. The minimum absolute atomic E-state index is 0.0626. The highest BCUT2D eigenvalue weighted by atomic mass is 19.1. The summed E-state index contributed by atoms with van der Waals surface area (Å²) in [5, 5.41) is 9.43. The lowest BCUT2D eigenvalue weighted by Crippen LogP contribution is -2.32. The summed E-state index contributed by atoms with van der Waals surface area (Å²) >= 11 is 0. The molecule has 2 aliphatic carbocycles. The van der Waals surface area contributed by atoms with Gasteiger partial charge in [-0.05, 0) is 49.3 Å². The highest BCUT2D eigenvalue weighted by Crippen LogP contribution is 2.66. The fourth-order valence-corrected chi connectivity index (χ4v) is 3.51.